The maximum atomic E-state index is 14.3. The van der Waals surface area contributed by atoms with Crippen LogP contribution < -0.4 is 10.1 Å². The van der Waals surface area contributed by atoms with Crippen LogP contribution in [0, 0.1) is 17.1 Å². The molecule has 4 aromatic rings. The van der Waals surface area contributed by atoms with Crippen molar-refractivity contribution in [2.75, 3.05) is 7.11 Å². The number of rotatable bonds is 6. The second-order valence-electron chi connectivity index (χ2n) is 7.38. The summed E-state index contributed by atoms with van der Waals surface area (Å²) >= 11 is 0. The zero-order chi connectivity index (χ0) is 21.8. The molecule has 0 saturated carbocycles. The summed E-state index contributed by atoms with van der Waals surface area (Å²) in [6, 6.07) is 24.4. The molecule has 1 N–H and O–H groups in total. The number of nitrogens with one attached hydrogen (secondary N) is 1. The molecule has 3 aromatic carbocycles. The molecule has 0 fully saturated rings. The Balaban J connectivity index is 1.68. The van der Waals surface area contributed by atoms with Crippen LogP contribution in [0.2, 0.25) is 0 Å². The van der Waals surface area contributed by atoms with Crippen LogP contribution in [0.25, 0.3) is 22.0 Å². The first kappa shape index (κ1) is 20.5. The Bertz CT molecular complexity index is 1280. The van der Waals surface area contributed by atoms with E-state index in [9.17, 15) is 4.39 Å². The number of methoxy groups -OCH3 is 1. The Hall–Kier alpha value is -3.75. The van der Waals surface area contributed by atoms with E-state index in [0.717, 1.165) is 27.8 Å². The molecular formula is C26H22FN3O. The number of ether oxygens (including phenoxy) is 1. The molecule has 154 valence electrons. The lowest BCUT2D eigenvalue weighted by Gasteiger charge is -2.17. The first-order valence-electron chi connectivity index (χ1n) is 10.0. The summed E-state index contributed by atoms with van der Waals surface area (Å²) < 4.78 is 19.6. The van der Waals surface area contributed by atoms with Crippen molar-refractivity contribution >= 4 is 10.8 Å². The molecule has 5 heteroatoms. The third-order valence-electron chi connectivity index (χ3n) is 5.31. The molecule has 1 atom stereocenters. The normalized spacial score (nSPS) is 11.8. The first-order valence-corrected chi connectivity index (χ1v) is 10.0. The molecule has 0 aliphatic heterocycles. The van der Waals surface area contributed by atoms with E-state index in [4.69, 9.17) is 15.0 Å². The lowest BCUT2D eigenvalue weighted by atomic mass is 10.0. The highest BCUT2D eigenvalue weighted by Gasteiger charge is 2.14. The van der Waals surface area contributed by atoms with Crippen LogP contribution in [0.15, 0.2) is 72.8 Å². The fourth-order valence-corrected chi connectivity index (χ4v) is 3.57. The zero-order valence-corrected chi connectivity index (χ0v) is 17.4. The summed E-state index contributed by atoms with van der Waals surface area (Å²) in [6.07, 6.45) is 0. The van der Waals surface area contributed by atoms with Crippen molar-refractivity contribution in [1.82, 2.24) is 10.3 Å². The largest absolute Gasteiger partial charge is 0.497 e. The predicted molar refractivity (Wildman–Crippen MR) is 120 cm³/mol. The summed E-state index contributed by atoms with van der Waals surface area (Å²) in [4.78, 5) is 4.88. The molecule has 0 aliphatic carbocycles. The third kappa shape index (κ3) is 4.40. The van der Waals surface area contributed by atoms with Crippen LogP contribution in [0.3, 0.4) is 0 Å². The average Bonchev–Trinajstić information content (AvgIpc) is 2.81. The fourth-order valence-electron chi connectivity index (χ4n) is 3.57. The molecule has 31 heavy (non-hydrogen) atoms. The Morgan fingerprint density at radius 1 is 1.06 bits per heavy atom. The summed E-state index contributed by atoms with van der Waals surface area (Å²) in [5.41, 5.74) is 3.35. The van der Waals surface area contributed by atoms with Gasteiger partial charge in [0.1, 0.15) is 17.6 Å². The van der Waals surface area contributed by atoms with Gasteiger partial charge < -0.3 is 10.1 Å². The van der Waals surface area contributed by atoms with Crippen molar-refractivity contribution in [3.63, 3.8) is 0 Å². The highest BCUT2D eigenvalue weighted by atomic mass is 19.1. The van der Waals surface area contributed by atoms with Gasteiger partial charge in [-0.1, -0.05) is 42.5 Å². The van der Waals surface area contributed by atoms with E-state index in [0.29, 0.717) is 17.8 Å². The van der Waals surface area contributed by atoms with Gasteiger partial charge in [-0.3, -0.25) is 4.98 Å². The van der Waals surface area contributed by atoms with Gasteiger partial charge in [0, 0.05) is 23.5 Å². The molecule has 0 radical (unpaired) electrons. The summed E-state index contributed by atoms with van der Waals surface area (Å²) in [5, 5.41) is 14.5. The summed E-state index contributed by atoms with van der Waals surface area (Å²) in [5.74, 6) is 0.279. The summed E-state index contributed by atoms with van der Waals surface area (Å²) in [7, 11) is 1.65. The average molecular weight is 411 g/mol. The molecule has 4 nitrogen and oxygen atoms in total. The van der Waals surface area contributed by atoms with E-state index in [1.807, 2.05) is 54.6 Å². The number of aromatic nitrogens is 1. The smallest absolute Gasteiger partial charge is 0.141 e. The van der Waals surface area contributed by atoms with Crippen LogP contribution >= 0.6 is 0 Å². The van der Waals surface area contributed by atoms with E-state index in [1.54, 1.807) is 13.2 Å². The highest BCUT2D eigenvalue weighted by molar-refractivity contribution is 5.95. The van der Waals surface area contributed by atoms with Crippen molar-refractivity contribution in [3.8, 4) is 23.1 Å². The standard InChI is InChI=1S/C26H22FN3O/c1-17(29-16-18-6-5-8-22(12-18)31-2)25-14-19-7-3-4-9-23(19)26(30-25)20-10-11-21(15-28)24(27)13-20/h3-14,17,29H,16H2,1-2H3. The number of fused-ring (bicyclic) bond motifs is 1. The maximum absolute atomic E-state index is 14.3. The molecule has 1 unspecified atom stereocenters. The Morgan fingerprint density at radius 2 is 1.90 bits per heavy atom. The van der Waals surface area contributed by atoms with E-state index < -0.39 is 5.82 Å². The number of hydrogen-bond donors (Lipinski definition) is 1. The molecule has 1 heterocycles. The minimum absolute atomic E-state index is 0.0255. The van der Waals surface area contributed by atoms with Gasteiger partial charge in [0.2, 0.25) is 0 Å². The SMILES string of the molecule is COc1cccc(CNC(C)c2cc3ccccc3c(-c3ccc(C#N)c(F)c3)n2)c1. The number of nitriles is 1. The number of hydrogen-bond acceptors (Lipinski definition) is 4. The number of benzene rings is 3. The Morgan fingerprint density at radius 3 is 2.68 bits per heavy atom. The van der Waals surface area contributed by atoms with Crippen LogP contribution in [0.5, 0.6) is 5.75 Å². The van der Waals surface area contributed by atoms with Gasteiger partial charge in [-0.2, -0.15) is 5.26 Å². The highest BCUT2D eigenvalue weighted by Crippen LogP contribution is 2.30. The van der Waals surface area contributed by atoms with Gasteiger partial charge in [-0.15, -0.1) is 0 Å². The number of halogens is 1. The van der Waals surface area contributed by atoms with E-state index in [2.05, 4.69) is 18.3 Å². The van der Waals surface area contributed by atoms with Crippen molar-refractivity contribution in [2.24, 2.45) is 0 Å². The first-order chi connectivity index (χ1) is 15.1. The third-order valence-corrected chi connectivity index (χ3v) is 5.31. The Kier molecular flexibility index (Phi) is 5.92. The van der Waals surface area contributed by atoms with Gasteiger partial charge in [0.05, 0.1) is 24.1 Å². The van der Waals surface area contributed by atoms with Gasteiger partial charge >= 0.3 is 0 Å². The topological polar surface area (TPSA) is 57.9 Å². The molecule has 0 aliphatic rings. The minimum Gasteiger partial charge on any atom is -0.497 e. The van der Waals surface area contributed by atoms with Crippen molar-refractivity contribution in [1.29, 1.82) is 5.26 Å². The molecule has 1 aromatic heterocycles. The lowest BCUT2D eigenvalue weighted by molar-refractivity contribution is 0.414. The molecular weight excluding hydrogens is 389 g/mol. The van der Waals surface area contributed by atoms with Gasteiger partial charge in [0.15, 0.2) is 0 Å². The molecule has 0 saturated heterocycles. The minimum atomic E-state index is -0.541. The zero-order valence-electron chi connectivity index (χ0n) is 17.4. The fraction of sp³-hybridized carbons (Fsp3) is 0.154. The molecule has 0 spiro atoms. The van der Waals surface area contributed by atoms with E-state index in [-0.39, 0.29) is 11.6 Å². The van der Waals surface area contributed by atoms with Crippen molar-refractivity contribution < 1.29 is 9.13 Å². The van der Waals surface area contributed by atoms with Gasteiger partial charge in [-0.05, 0) is 48.2 Å². The monoisotopic (exact) mass is 411 g/mol. The van der Waals surface area contributed by atoms with Gasteiger partial charge in [-0.25, -0.2) is 4.39 Å². The second-order valence-corrected chi connectivity index (χ2v) is 7.38. The van der Waals surface area contributed by atoms with Crippen molar-refractivity contribution in [3.05, 3.63) is 95.4 Å². The summed E-state index contributed by atoms with van der Waals surface area (Å²) in [6.45, 7) is 2.72. The number of nitrogens with zero attached hydrogens (tertiary/aromatic N) is 2. The van der Waals surface area contributed by atoms with Gasteiger partial charge in [0.25, 0.3) is 0 Å². The number of pyridine rings is 1. The lowest BCUT2D eigenvalue weighted by Crippen LogP contribution is -2.19. The maximum Gasteiger partial charge on any atom is 0.141 e. The van der Waals surface area contributed by atoms with Crippen LogP contribution in [0.1, 0.15) is 29.8 Å². The predicted octanol–water partition coefficient (Wildman–Crippen LogP) is 5.77. The van der Waals surface area contributed by atoms with E-state index >= 15 is 0 Å². The van der Waals surface area contributed by atoms with Crippen molar-refractivity contribution in [2.45, 2.75) is 19.5 Å². The van der Waals surface area contributed by atoms with Crippen LogP contribution in [-0.4, -0.2) is 12.1 Å². The quantitative estimate of drug-likeness (QED) is 0.437. The molecule has 0 bridgehead atoms. The van der Waals surface area contributed by atoms with Crippen LogP contribution in [0.4, 0.5) is 4.39 Å². The molecule has 0 amide bonds. The van der Waals surface area contributed by atoms with E-state index in [1.165, 1.54) is 12.1 Å². The molecule has 4 rings (SSSR count). The van der Waals surface area contributed by atoms with Crippen LogP contribution in [-0.2, 0) is 6.54 Å². The second kappa shape index (κ2) is 8.95. The Labute approximate surface area is 180 Å².